The molecule has 0 aromatic heterocycles. The molecule has 264 valence electrons. The number of benzene rings is 4. The molecule has 1 unspecified atom stereocenters. The summed E-state index contributed by atoms with van der Waals surface area (Å²) in [6, 6.07) is 23.3. The topological polar surface area (TPSA) is 165 Å². The van der Waals surface area contributed by atoms with Crippen molar-refractivity contribution >= 4 is 21.4 Å². The number of amides is 1. The van der Waals surface area contributed by atoms with E-state index in [4.69, 9.17) is 4.74 Å². The fourth-order valence-corrected chi connectivity index (χ4v) is 8.49. The molecule has 2 aliphatic rings. The van der Waals surface area contributed by atoms with E-state index in [2.05, 4.69) is 0 Å². The number of β-lactam (4-membered cyclic amide) rings is 1. The zero-order valence-corrected chi connectivity index (χ0v) is 27.5. The smallest absolute Gasteiger partial charge is 0.233 e. The second-order valence-corrected chi connectivity index (χ2v) is 14.7. The van der Waals surface area contributed by atoms with Gasteiger partial charge in [0, 0.05) is 5.69 Å². The monoisotopic (exact) mass is 709 g/mol. The molecule has 2 heterocycles. The van der Waals surface area contributed by atoms with Gasteiger partial charge in [-0.2, -0.15) is 0 Å². The Morgan fingerprint density at radius 3 is 2.04 bits per heavy atom. The number of hydrogen-bond donors (Lipinski definition) is 5. The minimum absolute atomic E-state index is 0.0881. The van der Waals surface area contributed by atoms with E-state index in [1.807, 2.05) is 0 Å². The van der Waals surface area contributed by atoms with Gasteiger partial charge in [-0.15, -0.1) is 0 Å². The predicted molar refractivity (Wildman–Crippen MR) is 178 cm³/mol. The van der Waals surface area contributed by atoms with Crippen molar-refractivity contribution in [3.05, 3.63) is 120 Å². The van der Waals surface area contributed by atoms with E-state index in [1.165, 1.54) is 59.5 Å². The van der Waals surface area contributed by atoms with Crippen LogP contribution in [0.3, 0.4) is 0 Å². The molecule has 10 nitrogen and oxygen atoms in total. The minimum atomic E-state index is -4.42. The maximum Gasteiger partial charge on any atom is 0.233 e. The van der Waals surface area contributed by atoms with Crippen LogP contribution in [0.2, 0.25) is 0 Å². The Morgan fingerprint density at radius 2 is 1.40 bits per heavy atom. The third kappa shape index (κ3) is 7.08. The van der Waals surface area contributed by atoms with Gasteiger partial charge in [0.15, 0.2) is 9.84 Å². The number of ether oxygens (including phenoxy) is 1. The molecule has 8 atom stereocenters. The second-order valence-electron chi connectivity index (χ2n) is 12.6. The molecule has 50 heavy (non-hydrogen) atoms. The standard InChI is InChI=1S/C37H37F2NO9S/c38-24-9-6-22(7-10-24)29(42)17-16-28-33(40(37(28)46)26-13-11-25(39)12-14-26)27-15-8-23(21-4-2-1-3-5-21)18-32(27)50(47,48)20-31-35(44)36(45)34(43)30(19-41)49-31/h1-15,18,28-31,33-36,41-45H,16-17,19-20H2/t28-,29+,30-,31?,33-,34-,35+,36+/m1/s1. The molecule has 1 amide bonds. The van der Waals surface area contributed by atoms with Crippen LogP contribution >= 0.6 is 0 Å². The second kappa shape index (κ2) is 14.6. The maximum absolute atomic E-state index is 14.4. The molecule has 0 spiro atoms. The molecule has 4 aromatic carbocycles. The van der Waals surface area contributed by atoms with Crippen LogP contribution in [-0.4, -0.2) is 82.7 Å². The van der Waals surface area contributed by atoms with Crippen LogP contribution in [0.5, 0.6) is 0 Å². The van der Waals surface area contributed by atoms with Crippen molar-refractivity contribution in [3.63, 3.8) is 0 Å². The van der Waals surface area contributed by atoms with Crippen LogP contribution in [0.25, 0.3) is 11.1 Å². The van der Waals surface area contributed by atoms with E-state index in [0.717, 1.165) is 0 Å². The first-order valence-electron chi connectivity index (χ1n) is 16.1. The number of carbonyl (C=O) groups excluding carboxylic acids is 1. The van der Waals surface area contributed by atoms with Gasteiger partial charge < -0.3 is 35.2 Å². The summed E-state index contributed by atoms with van der Waals surface area (Å²) < 4.78 is 61.8. The summed E-state index contributed by atoms with van der Waals surface area (Å²) in [6.07, 6.45) is -8.95. The molecule has 13 heteroatoms. The number of sulfone groups is 1. The molecule has 0 radical (unpaired) electrons. The van der Waals surface area contributed by atoms with E-state index in [9.17, 15) is 47.5 Å². The minimum Gasteiger partial charge on any atom is -0.394 e. The predicted octanol–water partition coefficient (Wildman–Crippen LogP) is 3.47. The van der Waals surface area contributed by atoms with Gasteiger partial charge in [-0.25, -0.2) is 17.2 Å². The average Bonchev–Trinajstić information content (AvgIpc) is 3.12. The molecule has 0 bridgehead atoms. The Bertz CT molecular complexity index is 1910. The van der Waals surface area contributed by atoms with Gasteiger partial charge in [0.05, 0.1) is 35.3 Å². The Morgan fingerprint density at radius 1 is 0.780 bits per heavy atom. The van der Waals surface area contributed by atoms with Crippen molar-refractivity contribution in [2.45, 2.75) is 60.4 Å². The zero-order valence-electron chi connectivity index (χ0n) is 26.7. The van der Waals surface area contributed by atoms with Gasteiger partial charge in [0.25, 0.3) is 0 Å². The number of nitrogens with zero attached hydrogens (tertiary/aromatic N) is 1. The summed E-state index contributed by atoms with van der Waals surface area (Å²) in [5.74, 6) is -3.05. The highest BCUT2D eigenvalue weighted by atomic mass is 32.2. The SMILES string of the molecule is O=C1[C@H](CC[C@H](O)c2ccc(F)cc2)[C@@H](c2ccc(-c3ccccc3)cc2S(=O)(=O)CC2O[C@H](CO)[C@@H](O)[C@H](O)[C@H]2O)N1c1ccc(F)cc1. The summed E-state index contributed by atoms with van der Waals surface area (Å²) in [4.78, 5) is 15.0. The molecule has 6 rings (SSSR count). The molecule has 2 fully saturated rings. The molecule has 2 aliphatic heterocycles. The Hall–Kier alpha value is -4.08. The Labute approximate surface area is 287 Å². The van der Waals surface area contributed by atoms with Crippen molar-refractivity contribution in [2.75, 3.05) is 17.3 Å². The van der Waals surface area contributed by atoms with E-state index < -0.39 is 82.4 Å². The van der Waals surface area contributed by atoms with E-state index >= 15 is 0 Å². The van der Waals surface area contributed by atoms with Crippen molar-refractivity contribution in [3.8, 4) is 11.1 Å². The van der Waals surface area contributed by atoms with E-state index in [1.54, 1.807) is 42.5 Å². The summed E-state index contributed by atoms with van der Waals surface area (Å²) in [7, 11) is -4.42. The molecule has 4 aromatic rings. The van der Waals surface area contributed by atoms with Crippen LogP contribution in [0.1, 0.15) is 36.1 Å². The van der Waals surface area contributed by atoms with Crippen LogP contribution in [-0.2, 0) is 19.4 Å². The molecule has 5 N–H and O–H groups in total. The third-order valence-corrected chi connectivity index (χ3v) is 11.3. The summed E-state index contributed by atoms with van der Waals surface area (Å²) >= 11 is 0. The lowest BCUT2D eigenvalue weighted by Crippen LogP contribution is -2.60. The van der Waals surface area contributed by atoms with Crippen molar-refractivity contribution in [1.82, 2.24) is 0 Å². The number of aliphatic hydroxyl groups excluding tert-OH is 5. The molecule has 0 saturated carbocycles. The number of halogens is 2. The highest BCUT2D eigenvalue weighted by molar-refractivity contribution is 7.91. The Kier molecular flexibility index (Phi) is 10.5. The highest BCUT2D eigenvalue weighted by Gasteiger charge is 2.51. The van der Waals surface area contributed by atoms with Crippen molar-refractivity contribution < 1.29 is 52.3 Å². The van der Waals surface area contributed by atoms with E-state index in [-0.39, 0.29) is 29.2 Å². The van der Waals surface area contributed by atoms with Crippen molar-refractivity contribution in [2.24, 2.45) is 5.92 Å². The van der Waals surface area contributed by atoms with Crippen LogP contribution in [0.15, 0.2) is 102 Å². The van der Waals surface area contributed by atoms with Gasteiger partial charge in [-0.05, 0) is 77.6 Å². The highest BCUT2D eigenvalue weighted by Crippen LogP contribution is 2.49. The number of hydrogen-bond acceptors (Lipinski definition) is 9. The first-order chi connectivity index (χ1) is 23.9. The summed E-state index contributed by atoms with van der Waals surface area (Å²) in [6.45, 7) is -0.738. The van der Waals surface area contributed by atoms with Crippen LogP contribution < -0.4 is 4.90 Å². The molecule has 0 aliphatic carbocycles. The molecule has 2 saturated heterocycles. The number of aliphatic hydroxyl groups is 5. The lowest BCUT2D eigenvalue weighted by Gasteiger charge is -2.48. The molecular formula is C37H37F2NO9S. The summed E-state index contributed by atoms with van der Waals surface area (Å²) in [5, 5.41) is 51.9. The largest absolute Gasteiger partial charge is 0.394 e. The first-order valence-corrected chi connectivity index (χ1v) is 17.8. The maximum atomic E-state index is 14.4. The van der Waals surface area contributed by atoms with Gasteiger partial charge in [0.1, 0.15) is 42.2 Å². The van der Waals surface area contributed by atoms with Gasteiger partial charge in [-0.1, -0.05) is 54.6 Å². The lowest BCUT2D eigenvalue weighted by atomic mass is 9.78. The first kappa shape index (κ1) is 35.7. The fraction of sp³-hybridized carbons (Fsp3) is 0.324. The Balaban J connectivity index is 1.41. The quantitative estimate of drug-likeness (QED) is 0.147. The van der Waals surface area contributed by atoms with Gasteiger partial charge in [-0.3, -0.25) is 4.79 Å². The van der Waals surface area contributed by atoms with Crippen molar-refractivity contribution in [1.29, 1.82) is 0 Å². The summed E-state index contributed by atoms with van der Waals surface area (Å²) in [5.41, 5.74) is 2.21. The van der Waals surface area contributed by atoms with Crippen LogP contribution in [0, 0.1) is 17.6 Å². The number of carbonyl (C=O) groups is 1. The number of anilines is 1. The zero-order chi connectivity index (χ0) is 35.7. The average molecular weight is 710 g/mol. The van der Waals surface area contributed by atoms with Crippen LogP contribution in [0.4, 0.5) is 14.5 Å². The van der Waals surface area contributed by atoms with Gasteiger partial charge >= 0.3 is 0 Å². The third-order valence-electron chi connectivity index (χ3n) is 9.47. The normalized spacial score (nSPS) is 26.0. The fourth-order valence-electron chi connectivity index (χ4n) is 6.74. The molecular weight excluding hydrogens is 672 g/mol. The van der Waals surface area contributed by atoms with E-state index in [0.29, 0.717) is 22.4 Å². The lowest BCUT2D eigenvalue weighted by molar-refractivity contribution is -0.223. The number of rotatable bonds is 11. The van der Waals surface area contributed by atoms with Gasteiger partial charge in [0.2, 0.25) is 5.91 Å².